The average molecular weight is 278 g/mol. The fourth-order valence-corrected chi connectivity index (χ4v) is 1.43. The van der Waals surface area contributed by atoms with Crippen LogP contribution >= 0.6 is 0 Å². The minimum Gasteiger partial charge on any atom is -0.419 e. The van der Waals surface area contributed by atoms with Crippen LogP contribution in [0.15, 0.2) is 23.4 Å². The van der Waals surface area contributed by atoms with E-state index in [1.54, 1.807) is 13.0 Å². The van der Waals surface area contributed by atoms with E-state index in [-0.39, 0.29) is 17.5 Å². The Labute approximate surface area is 112 Å². The van der Waals surface area contributed by atoms with Crippen molar-refractivity contribution in [2.24, 2.45) is 10.9 Å². The number of rotatable bonds is 4. The zero-order valence-electron chi connectivity index (χ0n) is 10.3. The number of aromatic nitrogens is 3. The van der Waals surface area contributed by atoms with Gasteiger partial charge in [0.2, 0.25) is 11.8 Å². The van der Waals surface area contributed by atoms with Gasteiger partial charge in [-0.3, -0.25) is 15.2 Å². The third-order valence-electron chi connectivity index (χ3n) is 2.29. The summed E-state index contributed by atoms with van der Waals surface area (Å²) < 4.78 is 5.30. The van der Waals surface area contributed by atoms with Crippen molar-refractivity contribution in [2.75, 3.05) is 0 Å². The zero-order valence-corrected chi connectivity index (χ0v) is 10.3. The lowest BCUT2D eigenvalue weighted by Gasteiger charge is -2.04. The monoisotopic (exact) mass is 278 g/mol. The summed E-state index contributed by atoms with van der Waals surface area (Å²) in [7, 11) is 0. The summed E-state index contributed by atoms with van der Waals surface area (Å²) in [4.78, 5) is 14.0. The molecule has 0 saturated carbocycles. The van der Waals surface area contributed by atoms with Crippen molar-refractivity contribution in [2.45, 2.75) is 6.92 Å². The Morgan fingerprint density at radius 3 is 2.85 bits per heavy atom. The number of nitrogens with two attached hydrogens (primary N) is 1. The van der Waals surface area contributed by atoms with E-state index in [0.29, 0.717) is 0 Å². The number of nitro groups is 1. The van der Waals surface area contributed by atoms with Gasteiger partial charge in [0.25, 0.3) is 5.69 Å². The van der Waals surface area contributed by atoms with Gasteiger partial charge in [-0.2, -0.15) is 0 Å². The first-order chi connectivity index (χ1) is 9.51. The molecule has 0 aliphatic heterocycles. The predicted molar refractivity (Wildman–Crippen MR) is 66.8 cm³/mol. The second kappa shape index (κ2) is 5.22. The lowest BCUT2D eigenvalue weighted by Crippen LogP contribution is -2.17. The number of oxime groups is 1. The highest BCUT2D eigenvalue weighted by Gasteiger charge is 2.20. The van der Waals surface area contributed by atoms with Gasteiger partial charge < -0.3 is 15.7 Å². The van der Waals surface area contributed by atoms with Crippen molar-refractivity contribution in [3.05, 3.63) is 39.7 Å². The van der Waals surface area contributed by atoms with Gasteiger partial charge in [0.05, 0.1) is 4.92 Å². The first-order valence-corrected chi connectivity index (χ1v) is 5.34. The molecule has 2 heterocycles. The average Bonchev–Trinajstić information content (AvgIpc) is 2.82. The van der Waals surface area contributed by atoms with Crippen LogP contribution in [-0.2, 0) is 0 Å². The summed E-state index contributed by atoms with van der Waals surface area (Å²) in [6.45, 7) is 1.78. The molecule has 0 unspecified atom stereocenters. The number of amidine groups is 1. The molecular weight excluding hydrogens is 268 g/mol. The van der Waals surface area contributed by atoms with Crippen molar-refractivity contribution < 1.29 is 14.9 Å². The van der Waals surface area contributed by atoms with Crippen LogP contribution in [0.4, 0.5) is 5.69 Å². The predicted octanol–water partition coefficient (Wildman–Crippen LogP) is 0.908. The van der Waals surface area contributed by atoms with Crippen LogP contribution in [0.1, 0.15) is 11.4 Å². The maximum absolute atomic E-state index is 10.8. The van der Waals surface area contributed by atoms with Crippen molar-refractivity contribution in [1.82, 2.24) is 15.2 Å². The molecule has 0 spiro atoms. The standard InChI is InChI=1S/C10H10N6O4/c1-5-4-8(14-13-5)20-7-3-2-6(16(18)19)9(12-7)10(11)15-17/h2-4,17H,1H3,(H2,11,15)(H,13,14). The third kappa shape index (κ3) is 2.63. The molecule has 2 aromatic heterocycles. The van der Waals surface area contributed by atoms with Crippen LogP contribution in [0.2, 0.25) is 0 Å². The SMILES string of the molecule is Cc1cc(Oc2ccc([N+](=O)[O-])c(/C(N)=N/O)n2)n[nH]1. The van der Waals surface area contributed by atoms with E-state index < -0.39 is 16.4 Å². The van der Waals surface area contributed by atoms with E-state index in [1.807, 2.05) is 0 Å². The van der Waals surface area contributed by atoms with Crippen molar-refractivity contribution >= 4 is 11.5 Å². The van der Waals surface area contributed by atoms with Gasteiger partial charge >= 0.3 is 0 Å². The van der Waals surface area contributed by atoms with Crippen LogP contribution in [-0.4, -0.2) is 31.1 Å². The maximum atomic E-state index is 10.8. The summed E-state index contributed by atoms with van der Waals surface area (Å²) in [5, 5.41) is 28.7. The zero-order chi connectivity index (χ0) is 14.7. The van der Waals surface area contributed by atoms with Gasteiger partial charge in [0, 0.05) is 23.9 Å². The van der Waals surface area contributed by atoms with Crippen LogP contribution in [0.5, 0.6) is 11.8 Å². The molecule has 10 nitrogen and oxygen atoms in total. The molecule has 10 heteroatoms. The minimum absolute atomic E-state index is 0.0312. The lowest BCUT2D eigenvalue weighted by molar-refractivity contribution is -0.385. The van der Waals surface area contributed by atoms with E-state index in [0.717, 1.165) is 11.8 Å². The number of nitrogens with one attached hydrogen (secondary N) is 1. The number of pyridine rings is 1. The van der Waals surface area contributed by atoms with E-state index in [4.69, 9.17) is 15.7 Å². The van der Waals surface area contributed by atoms with Crippen LogP contribution in [0.25, 0.3) is 0 Å². The summed E-state index contributed by atoms with van der Waals surface area (Å²) in [5.41, 5.74) is 5.44. The summed E-state index contributed by atoms with van der Waals surface area (Å²) in [5.74, 6) is -0.210. The fourth-order valence-electron chi connectivity index (χ4n) is 1.43. The van der Waals surface area contributed by atoms with Gasteiger partial charge in [-0.05, 0) is 6.92 Å². The Balaban J connectivity index is 2.39. The number of H-pyrrole nitrogens is 1. The van der Waals surface area contributed by atoms with Crippen LogP contribution < -0.4 is 10.5 Å². The van der Waals surface area contributed by atoms with Crippen LogP contribution in [0, 0.1) is 17.0 Å². The molecule has 0 aliphatic carbocycles. The van der Waals surface area contributed by atoms with Crippen molar-refractivity contribution in [3.63, 3.8) is 0 Å². The molecule has 0 aromatic carbocycles. The van der Waals surface area contributed by atoms with Crippen LogP contribution in [0.3, 0.4) is 0 Å². The quantitative estimate of drug-likeness (QED) is 0.247. The number of aryl methyl sites for hydroxylation is 1. The Morgan fingerprint density at radius 1 is 1.55 bits per heavy atom. The van der Waals surface area contributed by atoms with E-state index >= 15 is 0 Å². The van der Waals surface area contributed by atoms with E-state index in [9.17, 15) is 10.1 Å². The van der Waals surface area contributed by atoms with E-state index in [1.165, 1.54) is 6.07 Å². The van der Waals surface area contributed by atoms with Crippen molar-refractivity contribution in [3.8, 4) is 11.8 Å². The first kappa shape index (κ1) is 13.3. The van der Waals surface area contributed by atoms with Gasteiger partial charge in [-0.1, -0.05) is 5.16 Å². The minimum atomic E-state index is -0.692. The number of ether oxygens (including phenoxy) is 1. The molecular formula is C10H10N6O4. The number of hydrogen-bond donors (Lipinski definition) is 3. The molecule has 0 saturated heterocycles. The molecule has 0 radical (unpaired) electrons. The fraction of sp³-hybridized carbons (Fsp3) is 0.100. The molecule has 0 atom stereocenters. The molecule has 4 N–H and O–H groups in total. The Hall–Kier alpha value is -3.17. The molecule has 2 aromatic rings. The molecule has 20 heavy (non-hydrogen) atoms. The Kier molecular flexibility index (Phi) is 3.46. The molecule has 0 amide bonds. The number of nitrogens with zero attached hydrogens (tertiary/aromatic N) is 4. The second-order valence-corrected chi connectivity index (χ2v) is 3.75. The highest BCUT2D eigenvalue weighted by molar-refractivity contribution is 5.98. The molecule has 0 bridgehead atoms. The van der Waals surface area contributed by atoms with Crippen molar-refractivity contribution in [1.29, 1.82) is 0 Å². The molecule has 104 valence electrons. The Bertz CT molecular complexity index is 680. The first-order valence-electron chi connectivity index (χ1n) is 5.34. The number of hydrogen-bond acceptors (Lipinski definition) is 7. The number of aromatic amines is 1. The maximum Gasteiger partial charge on any atom is 0.299 e. The summed E-state index contributed by atoms with van der Waals surface area (Å²) in [6.07, 6.45) is 0. The lowest BCUT2D eigenvalue weighted by atomic mass is 10.3. The summed E-state index contributed by atoms with van der Waals surface area (Å²) >= 11 is 0. The molecule has 0 fully saturated rings. The second-order valence-electron chi connectivity index (χ2n) is 3.75. The van der Waals surface area contributed by atoms with Gasteiger partial charge in [0.15, 0.2) is 11.5 Å². The van der Waals surface area contributed by atoms with E-state index in [2.05, 4.69) is 20.3 Å². The Morgan fingerprint density at radius 2 is 2.30 bits per heavy atom. The third-order valence-corrected chi connectivity index (χ3v) is 2.29. The largest absolute Gasteiger partial charge is 0.419 e. The molecule has 0 aliphatic rings. The highest BCUT2D eigenvalue weighted by Crippen LogP contribution is 2.23. The molecule has 2 rings (SSSR count). The highest BCUT2D eigenvalue weighted by atomic mass is 16.6. The van der Waals surface area contributed by atoms with Gasteiger partial charge in [-0.15, -0.1) is 5.10 Å². The van der Waals surface area contributed by atoms with Gasteiger partial charge in [-0.25, -0.2) is 4.98 Å². The van der Waals surface area contributed by atoms with Gasteiger partial charge in [0.1, 0.15) is 0 Å². The smallest absolute Gasteiger partial charge is 0.299 e. The topological polar surface area (TPSA) is 153 Å². The summed E-state index contributed by atoms with van der Waals surface area (Å²) in [6, 6.07) is 4.05. The normalized spacial score (nSPS) is 11.3.